The number of amides is 1. The second-order valence-electron chi connectivity index (χ2n) is 8.37. The fourth-order valence-corrected chi connectivity index (χ4v) is 4.41. The third-order valence-corrected chi connectivity index (χ3v) is 6.24. The van der Waals surface area contributed by atoms with Crippen molar-refractivity contribution >= 4 is 11.6 Å². The van der Waals surface area contributed by atoms with Crippen molar-refractivity contribution in [3.63, 3.8) is 0 Å². The van der Waals surface area contributed by atoms with Crippen LogP contribution in [0.15, 0.2) is 54.6 Å². The molecule has 2 aliphatic heterocycles. The Kier molecular flexibility index (Phi) is 5.88. The summed E-state index contributed by atoms with van der Waals surface area (Å²) >= 11 is 0. The lowest BCUT2D eigenvalue weighted by molar-refractivity contribution is 0.0992. The summed E-state index contributed by atoms with van der Waals surface area (Å²) in [7, 11) is 1.61. The monoisotopic (exact) mass is 445 g/mol. The first-order valence-corrected chi connectivity index (χ1v) is 11.3. The fourth-order valence-electron chi connectivity index (χ4n) is 4.41. The average molecular weight is 446 g/mol. The lowest BCUT2D eigenvalue weighted by atomic mass is 10.1. The van der Waals surface area contributed by atoms with Crippen molar-refractivity contribution in [1.29, 1.82) is 0 Å². The minimum atomic E-state index is -0.143. The molecule has 7 heteroatoms. The van der Waals surface area contributed by atoms with Gasteiger partial charge in [-0.3, -0.25) is 9.69 Å². The van der Waals surface area contributed by atoms with E-state index in [1.807, 2.05) is 30.3 Å². The van der Waals surface area contributed by atoms with E-state index in [2.05, 4.69) is 9.88 Å². The van der Waals surface area contributed by atoms with E-state index in [1.165, 1.54) is 12.8 Å². The number of nitrogens with zero attached hydrogens (tertiary/aromatic N) is 3. The number of hydrogen-bond donors (Lipinski definition) is 1. The van der Waals surface area contributed by atoms with Gasteiger partial charge in [-0.15, -0.1) is 0 Å². The number of rotatable bonds is 7. The van der Waals surface area contributed by atoms with Gasteiger partial charge in [-0.25, -0.2) is 4.98 Å². The number of likely N-dealkylation sites (tertiary alicyclic amines) is 1. The number of fused-ring (bicyclic) bond motifs is 1. The molecule has 1 aromatic heterocycles. The van der Waals surface area contributed by atoms with Crippen molar-refractivity contribution in [3.05, 3.63) is 65.9 Å². The molecule has 2 aliphatic rings. The predicted octanol–water partition coefficient (Wildman–Crippen LogP) is 4.10. The molecule has 5 rings (SSSR count). The Hall–Kier alpha value is -3.58. The van der Waals surface area contributed by atoms with Crippen molar-refractivity contribution in [2.75, 3.05) is 38.3 Å². The first kappa shape index (κ1) is 21.3. The molecule has 7 nitrogen and oxygen atoms in total. The maximum atomic E-state index is 13.2. The number of benzene rings is 2. The summed E-state index contributed by atoms with van der Waals surface area (Å²) in [6.07, 6.45) is 2.52. The van der Waals surface area contributed by atoms with E-state index in [1.54, 1.807) is 36.3 Å². The standard InChI is InChI=1S/C26H27N3O4/c1-32-24-16-20(7-11-23(24)33-15-14-28-12-2-3-13-28)29-17-19-6-10-22(27-25(19)26(29)31)18-4-8-21(30)9-5-18/h4-11,16,30H,2-3,12-15,17H2,1H3. The number of phenols is 1. The molecule has 170 valence electrons. The third kappa shape index (κ3) is 4.36. The molecule has 3 heterocycles. The van der Waals surface area contributed by atoms with Gasteiger partial charge in [-0.05, 0) is 68.4 Å². The van der Waals surface area contributed by atoms with Gasteiger partial charge in [0.05, 0.1) is 19.3 Å². The molecule has 0 saturated carbocycles. The Bertz CT molecular complexity index is 1160. The molecule has 1 amide bonds. The van der Waals surface area contributed by atoms with Crippen LogP contribution >= 0.6 is 0 Å². The minimum Gasteiger partial charge on any atom is -0.508 e. The van der Waals surface area contributed by atoms with Crippen molar-refractivity contribution in [2.45, 2.75) is 19.4 Å². The van der Waals surface area contributed by atoms with Gasteiger partial charge in [0, 0.05) is 29.4 Å². The molecule has 0 aliphatic carbocycles. The summed E-state index contributed by atoms with van der Waals surface area (Å²) in [4.78, 5) is 21.9. The van der Waals surface area contributed by atoms with Crippen molar-refractivity contribution in [1.82, 2.24) is 9.88 Å². The molecule has 1 saturated heterocycles. The van der Waals surface area contributed by atoms with E-state index in [9.17, 15) is 9.90 Å². The summed E-state index contributed by atoms with van der Waals surface area (Å²) in [5, 5.41) is 9.52. The van der Waals surface area contributed by atoms with Crippen LogP contribution in [0.2, 0.25) is 0 Å². The quantitative estimate of drug-likeness (QED) is 0.590. The van der Waals surface area contributed by atoms with Crippen LogP contribution < -0.4 is 14.4 Å². The third-order valence-electron chi connectivity index (χ3n) is 6.24. The van der Waals surface area contributed by atoms with Gasteiger partial charge in [0.15, 0.2) is 11.5 Å². The number of hydrogen-bond acceptors (Lipinski definition) is 6. The van der Waals surface area contributed by atoms with Crippen LogP contribution in [0.25, 0.3) is 11.3 Å². The predicted molar refractivity (Wildman–Crippen MR) is 126 cm³/mol. The number of carbonyl (C=O) groups is 1. The van der Waals surface area contributed by atoms with E-state index in [0.717, 1.165) is 36.4 Å². The van der Waals surface area contributed by atoms with E-state index in [-0.39, 0.29) is 11.7 Å². The topological polar surface area (TPSA) is 75.1 Å². The smallest absolute Gasteiger partial charge is 0.277 e. The van der Waals surface area contributed by atoms with E-state index in [4.69, 9.17) is 9.47 Å². The van der Waals surface area contributed by atoms with Crippen molar-refractivity contribution in [3.8, 4) is 28.5 Å². The molecule has 3 aromatic rings. The highest BCUT2D eigenvalue weighted by Gasteiger charge is 2.31. The summed E-state index contributed by atoms with van der Waals surface area (Å²) in [6, 6.07) is 16.2. The van der Waals surface area contributed by atoms with E-state index < -0.39 is 0 Å². The Labute approximate surface area is 193 Å². The molecular formula is C26H27N3O4. The summed E-state index contributed by atoms with van der Waals surface area (Å²) in [6.45, 7) is 4.24. The number of aromatic nitrogens is 1. The number of anilines is 1. The zero-order valence-corrected chi connectivity index (χ0v) is 18.7. The van der Waals surface area contributed by atoms with Crippen LogP contribution in [0, 0.1) is 0 Å². The van der Waals surface area contributed by atoms with Gasteiger partial charge < -0.3 is 19.5 Å². The lowest BCUT2D eigenvalue weighted by Gasteiger charge is -2.19. The molecule has 2 aromatic carbocycles. The average Bonchev–Trinajstić information content (AvgIpc) is 3.47. The molecule has 1 N–H and O–H groups in total. The number of aromatic hydroxyl groups is 1. The number of phenolic OH excluding ortho intramolecular Hbond substituents is 1. The van der Waals surface area contributed by atoms with Gasteiger partial charge in [-0.2, -0.15) is 0 Å². The zero-order valence-electron chi connectivity index (χ0n) is 18.7. The second-order valence-corrected chi connectivity index (χ2v) is 8.37. The molecule has 0 atom stereocenters. The van der Waals surface area contributed by atoms with Crippen LogP contribution in [-0.4, -0.2) is 54.2 Å². The Morgan fingerprint density at radius 3 is 2.55 bits per heavy atom. The summed E-state index contributed by atoms with van der Waals surface area (Å²) in [5.41, 5.74) is 3.62. The maximum absolute atomic E-state index is 13.2. The highest BCUT2D eigenvalue weighted by molar-refractivity contribution is 6.09. The van der Waals surface area contributed by atoms with Gasteiger partial charge in [0.25, 0.3) is 5.91 Å². The van der Waals surface area contributed by atoms with Gasteiger partial charge in [0.1, 0.15) is 18.1 Å². The maximum Gasteiger partial charge on any atom is 0.277 e. The normalized spacial score (nSPS) is 15.7. The minimum absolute atomic E-state index is 0.143. The summed E-state index contributed by atoms with van der Waals surface area (Å²) < 4.78 is 11.5. The number of ether oxygens (including phenoxy) is 2. The Morgan fingerprint density at radius 2 is 1.79 bits per heavy atom. The van der Waals surface area contributed by atoms with Crippen molar-refractivity contribution < 1.29 is 19.4 Å². The second kappa shape index (κ2) is 9.11. The first-order chi connectivity index (χ1) is 16.1. The highest BCUT2D eigenvalue weighted by atomic mass is 16.5. The molecule has 0 bridgehead atoms. The number of methoxy groups -OCH3 is 1. The zero-order chi connectivity index (χ0) is 22.8. The molecule has 33 heavy (non-hydrogen) atoms. The molecular weight excluding hydrogens is 418 g/mol. The van der Waals surface area contributed by atoms with Crippen LogP contribution in [0.3, 0.4) is 0 Å². The lowest BCUT2D eigenvalue weighted by Crippen LogP contribution is -2.25. The number of carbonyl (C=O) groups excluding carboxylic acids is 1. The fraction of sp³-hybridized carbons (Fsp3) is 0.308. The highest BCUT2D eigenvalue weighted by Crippen LogP contribution is 2.35. The Balaban J connectivity index is 1.32. The van der Waals surface area contributed by atoms with Gasteiger partial charge >= 0.3 is 0 Å². The van der Waals surface area contributed by atoms with Gasteiger partial charge in [-0.1, -0.05) is 6.07 Å². The van der Waals surface area contributed by atoms with E-state index >= 15 is 0 Å². The van der Waals surface area contributed by atoms with Crippen LogP contribution in [0.5, 0.6) is 17.2 Å². The van der Waals surface area contributed by atoms with Crippen LogP contribution in [0.4, 0.5) is 5.69 Å². The summed E-state index contributed by atoms with van der Waals surface area (Å²) in [5.74, 6) is 1.34. The Morgan fingerprint density at radius 1 is 1.00 bits per heavy atom. The molecule has 0 unspecified atom stereocenters. The molecule has 0 spiro atoms. The van der Waals surface area contributed by atoms with Crippen molar-refractivity contribution in [2.24, 2.45) is 0 Å². The van der Waals surface area contributed by atoms with E-state index in [0.29, 0.717) is 36.0 Å². The van der Waals surface area contributed by atoms with Gasteiger partial charge in [0.2, 0.25) is 0 Å². The van der Waals surface area contributed by atoms with Crippen LogP contribution in [-0.2, 0) is 6.54 Å². The SMILES string of the molecule is COc1cc(N2Cc3ccc(-c4ccc(O)cc4)nc3C2=O)ccc1OCCN1CCCC1. The molecule has 1 fully saturated rings. The first-order valence-electron chi connectivity index (χ1n) is 11.3. The molecule has 0 radical (unpaired) electrons. The van der Waals surface area contributed by atoms with Crippen LogP contribution in [0.1, 0.15) is 28.9 Å². The number of pyridine rings is 1. The largest absolute Gasteiger partial charge is 0.508 e.